The fourth-order valence-corrected chi connectivity index (χ4v) is 8.44. The lowest BCUT2D eigenvalue weighted by Gasteiger charge is -2.42. The normalized spacial score (nSPS) is 20.4. The van der Waals surface area contributed by atoms with Crippen molar-refractivity contribution in [1.29, 1.82) is 0 Å². The van der Waals surface area contributed by atoms with Crippen molar-refractivity contribution >= 4 is 46.9 Å². The topological polar surface area (TPSA) is 187 Å². The number of hydrogen-bond acceptors (Lipinski definition) is 13. The summed E-state index contributed by atoms with van der Waals surface area (Å²) in [4.78, 5) is 68.5. The number of nitrogens with zero attached hydrogens (tertiary/aromatic N) is 5. The first kappa shape index (κ1) is 40.6. The van der Waals surface area contributed by atoms with Gasteiger partial charge in [0.1, 0.15) is 22.8 Å². The van der Waals surface area contributed by atoms with Crippen LogP contribution in [0.15, 0.2) is 23.8 Å². The minimum Gasteiger partial charge on any atom is -0.481 e. The lowest BCUT2D eigenvalue weighted by molar-refractivity contribution is -0.149. The van der Waals surface area contributed by atoms with Crippen LogP contribution in [0.3, 0.4) is 0 Å². The zero-order valence-electron chi connectivity index (χ0n) is 30.4. The van der Waals surface area contributed by atoms with Gasteiger partial charge in [0.05, 0.1) is 12.0 Å². The number of likely N-dealkylation sites (N-methyl/N-ethyl adjacent to an activating group) is 2. The number of nitrogens with one attached hydrogen (secondary N) is 2. The Balaban J connectivity index is 1.50. The first-order valence-electron chi connectivity index (χ1n) is 17.7. The summed E-state index contributed by atoms with van der Waals surface area (Å²) in [5.74, 6) is -0.665. The van der Waals surface area contributed by atoms with Gasteiger partial charge < -0.3 is 25.2 Å². The molecular formula is C35H53N7O7S2. The number of likely N-dealkylation sites (tertiary alicyclic amines) is 1. The molecule has 0 radical (unpaired) electrons. The van der Waals surface area contributed by atoms with E-state index < -0.39 is 48.2 Å². The SMILES string of the molecule is CC(=O)O[C@H](C[C@H](C(C)C)N(C)C(=O)[C@@H](NC(O)[C@H]1CCCCN1C)C1CSC1)c1nc(C(=O)N[C@@H](Cc2ncccn2)C[C@H](C)C(=O)O)cs1. The highest BCUT2D eigenvalue weighted by molar-refractivity contribution is 8.00. The molecule has 51 heavy (non-hydrogen) atoms. The Morgan fingerprint density at radius 1 is 1.12 bits per heavy atom. The van der Waals surface area contributed by atoms with Crippen LogP contribution in [-0.2, 0) is 25.5 Å². The third-order valence-corrected chi connectivity index (χ3v) is 12.1. The minimum atomic E-state index is -0.978. The number of aliphatic hydroxyl groups is 1. The van der Waals surface area contributed by atoms with Gasteiger partial charge in [0.15, 0.2) is 6.10 Å². The minimum absolute atomic E-state index is 0.0252. The average molecular weight is 748 g/mol. The quantitative estimate of drug-likeness (QED) is 0.129. The lowest BCUT2D eigenvalue weighted by atomic mass is 9.93. The zero-order valence-corrected chi connectivity index (χ0v) is 32.0. The lowest BCUT2D eigenvalue weighted by Crippen LogP contribution is -2.61. The highest BCUT2D eigenvalue weighted by atomic mass is 32.2. The van der Waals surface area contributed by atoms with Crippen LogP contribution >= 0.6 is 23.1 Å². The number of ether oxygens (including phenoxy) is 1. The standard InChI is InChI=1S/C35H53N7O7S2/c1-20(2)27(42(6)34(46)30(23-17-50-18-23)40-32(45)26-10-7-8-13-41(26)5)16-28(49-22(4)43)33-39-25(19-51-33)31(44)38-24(14-21(3)35(47)48)15-29-36-11-9-12-37-29/h9,11-12,19-21,23-24,26-28,30,32,40,45H,7-8,10,13-18H2,1-6H3,(H,38,44)(H,47,48)/t21-,24+,26+,27+,28+,30-,32?/m0/s1. The molecule has 2 amide bonds. The van der Waals surface area contributed by atoms with Gasteiger partial charge in [0.25, 0.3) is 5.91 Å². The second-order valence-electron chi connectivity index (χ2n) is 14.1. The number of hydrogen-bond donors (Lipinski definition) is 4. The highest BCUT2D eigenvalue weighted by Crippen LogP contribution is 2.33. The molecule has 16 heteroatoms. The summed E-state index contributed by atoms with van der Waals surface area (Å²) < 4.78 is 5.77. The molecule has 2 saturated heterocycles. The molecule has 0 saturated carbocycles. The Hall–Kier alpha value is -3.18. The summed E-state index contributed by atoms with van der Waals surface area (Å²) in [5.41, 5.74) is 0.105. The fraction of sp³-hybridized carbons (Fsp3) is 0.686. The van der Waals surface area contributed by atoms with Crippen LogP contribution in [-0.4, -0.2) is 121 Å². The molecule has 0 spiro atoms. The van der Waals surface area contributed by atoms with Crippen LogP contribution in [0.25, 0.3) is 0 Å². The maximum absolute atomic E-state index is 14.2. The largest absolute Gasteiger partial charge is 0.481 e. The smallest absolute Gasteiger partial charge is 0.306 e. The predicted molar refractivity (Wildman–Crippen MR) is 195 cm³/mol. The van der Waals surface area contributed by atoms with Crippen molar-refractivity contribution in [3.05, 3.63) is 40.4 Å². The Bertz CT molecular complexity index is 1460. The Morgan fingerprint density at radius 3 is 2.41 bits per heavy atom. The van der Waals surface area contributed by atoms with Gasteiger partial charge in [-0.05, 0) is 56.3 Å². The number of piperidine rings is 1. The molecule has 7 atom stereocenters. The molecule has 4 rings (SSSR count). The fourth-order valence-electron chi connectivity index (χ4n) is 6.71. The highest BCUT2D eigenvalue weighted by Gasteiger charge is 2.41. The van der Waals surface area contributed by atoms with E-state index in [2.05, 4.69) is 30.5 Å². The molecule has 2 aromatic rings. The maximum atomic E-state index is 14.2. The van der Waals surface area contributed by atoms with E-state index in [1.165, 1.54) is 18.3 Å². The van der Waals surface area contributed by atoms with Crippen LogP contribution in [0.5, 0.6) is 0 Å². The van der Waals surface area contributed by atoms with Crippen LogP contribution in [0.4, 0.5) is 0 Å². The molecule has 14 nitrogen and oxygen atoms in total. The second kappa shape index (κ2) is 19.1. The van der Waals surface area contributed by atoms with Crippen molar-refractivity contribution in [1.82, 2.24) is 35.4 Å². The van der Waals surface area contributed by atoms with E-state index in [0.717, 1.165) is 37.3 Å². The summed E-state index contributed by atoms with van der Waals surface area (Å²) in [6, 6.07) is 0.110. The van der Waals surface area contributed by atoms with E-state index in [9.17, 15) is 29.4 Å². The van der Waals surface area contributed by atoms with E-state index in [1.807, 2.05) is 20.9 Å². The van der Waals surface area contributed by atoms with Gasteiger partial charge in [-0.3, -0.25) is 29.4 Å². The number of carboxylic acids is 1. The number of carbonyl (C=O) groups is 4. The summed E-state index contributed by atoms with van der Waals surface area (Å²) in [7, 11) is 3.76. The Kier molecular flexibility index (Phi) is 15.2. The zero-order chi connectivity index (χ0) is 37.2. The van der Waals surface area contributed by atoms with Crippen LogP contribution in [0, 0.1) is 17.8 Å². The van der Waals surface area contributed by atoms with Crippen molar-refractivity contribution in [2.45, 2.75) is 103 Å². The number of aliphatic carboxylic acids is 1. The molecule has 2 aliphatic rings. The van der Waals surface area contributed by atoms with Crippen molar-refractivity contribution in [2.24, 2.45) is 17.8 Å². The van der Waals surface area contributed by atoms with Crippen molar-refractivity contribution in [3.63, 3.8) is 0 Å². The molecule has 0 aromatic carbocycles. The van der Waals surface area contributed by atoms with Gasteiger partial charge in [-0.15, -0.1) is 11.3 Å². The number of rotatable bonds is 18. The van der Waals surface area contributed by atoms with Gasteiger partial charge in [0.2, 0.25) is 5.91 Å². The van der Waals surface area contributed by atoms with E-state index in [1.54, 1.807) is 54.5 Å². The monoisotopic (exact) mass is 747 g/mol. The van der Waals surface area contributed by atoms with Gasteiger partial charge in [-0.1, -0.05) is 27.2 Å². The number of carbonyl (C=O) groups excluding carboxylic acids is 3. The number of aromatic nitrogens is 3. The van der Waals surface area contributed by atoms with E-state index >= 15 is 0 Å². The average Bonchev–Trinajstić information content (AvgIpc) is 3.56. The third kappa shape index (κ3) is 11.4. The van der Waals surface area contributed by atoms with Gasteiger partial charge >= 0.3 is 11.9 Å². The van der Waals surface area contributed by atoms with Crippen LogP contribution in [0.2, 0.25) is 0 Å². The first-order valence-corrected chi connectivity index (χ1v) is 19.7. The Morgan fingerprint density at radius 2 is 1.82 bits per heavy atom. The maximum Gasteiger partial charge on any atom is 0.306 e. The van der Waals surface area contributed by atoms with E-state index in [4.69, 9.17) is 4.74 Å². The molecule has 2 aliphatic heterocycles. The van der Waals surface area contributed by atoms with Crippen molar-refractivity contribution in [2.75, 3.05) is 32.1 Å². The van der Waals surface area contributed by atoms with Gasteiger partial charge in [-0.25, -0.2) is 15.0 Å². The summed E-state index contributed by atoms with van der Waals surface area (Å²) in [6.07, 6.45) is 5.12. The second-order valence-corrected chi connectivity index (χ2v) is 16.1. The molecule has 0 aliphatic carbocycles. The van der Waals surface area contributed by atoms with Crippen LogP contribution < -0.4 is 10.6 Å². The molecule has 2 fully saturated rings. The third-order valence-electron chi connectivity index (χ3n) is 9.79. The number of esters is 1. The number of carboxylic acid groups (broad SMARTS) is 1. The molecular weight excluding hydrogens is 695 g/mol. The van der Waals surface area contributed by atoms with Gasteiger partial charge in [0, 0.05) is 68.6 Å². The van der Waals surface area contributed by atoms with Crippen molar-refractivity contribution < 1.29 is 34.1 Å². The molecule has 0 bridgehead atoms. The summed E-state index contributed by atoms with van der Waals surface area (Å²) >= 11 is 2.95. The molecule has 2 aromatic heterocycles. The predicted octanol–water partition coefficient (Wildman–Crippen LogP) is 2.99. The molecule has 4 heterocycles. The van der Waals surface area contributed by atoms with Gasteiger partial charge in [-0.2, -0.15) is 11.8 Å². The number of thiazole rings is 1. The first-order chi connectivity index (χ1) is 24.2. The number of amides is 2. The van der Waals surface area contributed by atoms with Crippen molar-refractivity contribution in [3.8, 4) is 0 Å². The number of aliphatic hydroxyl groups excluding tert-OH is 1. The molecule has 1 unspecified atom stereocenters. The summed E-state index contributed by atoms with van der Waals surface area (Å²) in [6.45, 7) is 7.79. The number of thioether (sulfide) groups is 1. The Labute approximate surface area is 308 Å². The molecule has 282 valence electrons. The van der Waals surface area contributed by atoms with E-state index in [0.29, 0.717) is 10.8 Å². The summed E-state index contributed by atoms with van der Waals surface area (Å²) in [5, 5.41) is 28.9. The van der Waals surface area contributed by atoms with Crippen LogP contribution in [0.1, 0.15) is 87.2 Å². The van der Waals surface area contributed by atoms with E-state index in [-0.39, 0.29) is 54.8 Å². The molecule has 4 N–H and O–H groups in total.